The van der Waals surface area contributed by atoms with E-state index in [1.165, 1.54) is 25.3 Å². The number of benzene rings is 2. The summed E-state index contributed by atoms with van der Waals surface area (Å²) in [5.41, 5.74) is 2.31. The minimum Gasteiger partial charge on any atom is -0.466 e. The van der Waals surface area contributed by atoms with Gasteiger partial charge in [0.25, 0.3) is 5.69 Å². The van der Waals surface area contributed by atoms with Crippen LogP contribution in [-0.4, -0.2) is 43.3 Å². The number of dihydropyridines is 1. The van der Waals surface area contributed by atoms with Gasteiger partial charge in [-0.2, -0.15) is 0 Å². The smallest absolute Gasteiger partial charge is 0.336 e. The number of hydrogen-bond acceptors (Lipinski definition) is 9. The third kappa shape index (κ3) is 5.25. The molecule has 3 atom stereocenters. The van der Waals surface area contributed by atoms with Gasteiger partial charge in [0.1, 0.15) is 12.7 Å². The molecule has 0 radical (unpaired) electrons. The van der Waals surface area contributed by atoms with Crippen LogP contribution in [0, 0.1) is 10.1 Å². The number of carbonyl (C=O) groups is 2. The molecule has 2 aromatic carbocycles. The Labute approximate surface area is 214 Å². The molecule has 1 N–H and O–H groups in total. The van der Waals surface area contributed by atoms with Gasteiger partial charge in [0.15, 0.2) is 5.79 Å². The predicted octanol–water partition coefficient (Wildman–Crippen LogP) is 3.83. The van der Waals surface area contributed by atoms with Crippen LogP contribution in [0.25, 0.3) is 0 Å². The summed E-state index contributed by atoms with van der Waals surface area (Å²) in [6.45, 7) is 5.29. The normalized spacial score (nSPS) is 23.5. The lowest BCUT2D eigenvalue weighted by Gasteiger charge is -2.30. The van der Waals surface area contributed by atoms with E-state index in [1.54, 1.807) is 26.8 Å². The summed E-state index contributed by atoms with van der Waals surface area (Å²) in [5.74, 6) is -3.25. The monoisotopic (exact) mass is 508 g/mol. The zero-order valence-electron chi connectivity index (χ0n) is 21.0. The van der Waals surface area contributed by atoms with Crippen LogP contribution in [-0.2, 0) is 34.3 Å². The molecule has 0 aliphatic carbocycles. The number of methoxy groups -OCH3 is 1. The lowest BCUT2D eigenvalue weighted by atomic mass is 9.80. The van der Waals surface area contributed by atoms with Crippen molar-refractivity contribution in [2.75, 3.05) is 20.3 Å². The van der Waals surface area contributed by atoms with Crippen molar-refractivity contribution in [2.24, 2.45) is 0 Å². The summed E-state index contributed by atoms with van der Waals surface area (Å²) >= 11 is 0. The van der Waals surface area contributed by atoms with Gasteiger partial charge in [-0.3, -0.25) is 10.1 Å². The fourth-order valence-electron chi connectivity index (χ4n) is 4.66. The van der Waals surface area contributed by atoms with Gasteiger partial charge in [0.2, 0.25) is 0 Å². The van der Waals surface area contributed by atoms with Crippen LogP contribution in [0.2, 0.25) is 0 Å². The molecule has 0 bridgehead atoms. The Balaban J connectivity index is 1.59. The number of nitro groups is 1. The second-order valence-corrected chi connectivity index (χ2v) is 8.94. The lowest BCUT2D eigenvalue weighted by Crippen LogP contribution is -2.33. The Kier molecular flexibility index (Phi) is 7.42. The first-order chi connectivity index (χ1) is 17.6. The highest BCUT2D eigenvalue weighted by atomic mass is 16.8. The fourth-order valence-corrected chi connectivity index (χ4v) is 4.66. The van der Waals surface area contributed by atoms with Gasteiger partial charge in [-0.25, -0.2) is 9.59 Å². The van der Waals surface area contributed by atoms with Gasteiger partial charge in [0.05, 0.1) is 35.7 Å². The minimum absolute atomic E-state index is 0.0874. The summed E-state index contributed by atoms with van der Waals surface area (Å²) < 4.78 is 22.5. The SMILES string of the molecule is COC(=O)C1=C(C)NC(C)=C(C(=O)OCC2COC(C)(c3ccccc3)O2)C1c1cccc([N+](=O)[O-])c1. The van der Waals surface area contributed by atoms with Crippen molar-refractivity contribution in [3.8, 4) is 0 Å². The number of nitrogens with one attached hydrogen (secondary N) is 1. The molecule has 194 valence electrons. The van der Waals surface area contributed by atoms with Crippen LogP contribution >= 0.6 is 0 Å². The second-order valence-electron chi connectivity index (χ2n) is 8.94. The van der Waals surface area contributed by atoms with Crippen molar-refractivity contribution in [2.45, 2.75) is 38.6 Å². The molecular formula is C27H28N2O8. The van der Waals surface area contributed by atoms with Gasteiger partial charge in [-0.1, -0.05) is 42.5 Å². The maximum absolute atomic E-state index is 13.4. The summed E-state index contributed by atoms with van der Waals surface area (Å²) in [4.78, 5) is 37.1. The van der Waals surface area contributed by atoms with Gasteiger partial charge in [0, 0.05) is 29.1 Å². The number of allylic oxidation sites excluding steroid dienone is 2. The standard InChI is InChI=1S/C27H28N2O8/c1-16-22(25(30)34-4)24(18-9-8-12-20(13-18)29(32)33)23(17(2)28-16)26(31)35-14-21-15-36-27(3,37-21)19-10-6-5-7-11-19/h5-13,21,24,28H,14-15H2,1-4H3. The first-order valence-corrected chi connectivity index (χ1v) is 11.7. The van der Waals surface area contributed by atoms with Gasteiger partial charge in [-0.15, -0.1) is 0 Å². The van der Waals surface area contributed by atoms with Crippen LogP contribution in [0.1, 0.15) is 37.8 Å². The van der Waals surface area contributed by atoms with Crippen molar-refractivity contribution >= 4 is 17.6 Å². The number of carbonyl (C=O) groups excluding carboxylic acids is 2. The number of ether oxygens (including phenoxy) is 4. The maximum Gasteiger partial charge on any atom is 0.336 e. The minimum atomic E-state index is -0.969. The molecule has 1 saturated heterocycles. The molecule has 2 heterocycles. The van der Waals surface area contributed by atoms with Crippen molar-refractivity contribution in [1.82, 2.24) is 5.32 Å². The van der Waals surface area contributed by atoms with E-state index < -0.39 is 34.7 Å². The average Bonchev–Trinajstić information content (AvgIpc) is 3.29. The number of nitrogens with zero attached hydrogens (tertiary/aromatic N) is 1. The van der Waals surface area contributed by atoms with Gasteiger partial charge in [-0.05, 0) is 26.3 Å². The highest BCUT2D eigenvalue weighted by molar-refractivity contribution is 5.99. The summed E-state index contributed by atoms with van der Waals surface area (Å²) in [7, 11) is 1.23. The van der Waals surface area contributed by atoms with Crippen LogP contribution in [0.15, 0.2) is 77.1 Å². The van der Waals surface area contributed by atoms with Crippen LogP contribution in [0.5, 0.6) is 0 Å². The van der Waals surface area contributed by atoms with Gasteiger partial charge >= 0.3 is 11.9 Å². The number of nitro benzene ring substituents is 1. The first-order valence-electron chi connectivity index (χ1n) is 11.7. The molecule has 0 amide bonds. The lowest BCUT2D eigenvalue weighted by molar-refractivity contribution is -0.384. The number of esters is 2. The van der Waals surface area contributed by atoms with Crippen molar-refractivity contribution in [1.29, 1.82) is 0 Å². The molecule has 4 rings (SSSR count). The summed E-state index contributed by atoms with van der Waals surface area (Å²) in [6, 6.07) is 15.3. The topological polar surface area (TPSA) is 126 Å². The molecule has 2 aliphatic heterocycles. The highest BCUT2D eigenvalue weighted by Crippen LogP contribution is 2.40. The van der Waals surface area contributed by atoms with E-state index in [4.69, 9.17) is 18.9 Å². The quantitative estimate of drug-likeness (QED) is 0.337. The maximum atomic E-state index is 13.4. The van der Waals surface area contributed by atoms with E-state index in [-0.39, 0.29) is 30.0 Å². The Morgan fingerprint density at radius 3 is 2.41 bits per heavy atom. The van der Waals surface area contributed by atoms with E-state index in [2.05, 4.69) is 5.32 Å². The number of hydrogen-bond donors (Lipinski definition) is 1. The van der Waals surface area contributed by atoms with Gasteiger partial charge < -0.3 is 24.3 Å². The Bertz CT molecular complexity index is 1290. The zero-order valence-corrected chi connectivity index (χ0v) is 21.0. The fraction of sp³-hybridized carbons (Fsp3) is 0.333. The van der Waals surface area contributed by atoms with Crippen LogP contribution in [0.4, 0.5) is 5.69 Å². The molecule has 2 aromatic rings. The first kappa shape index (κ1) is 26.1. The Morgan fingerprint density at radius 2 is 1.76 bits per heavy atom. The molecule has 1 fully saturated rings. The van der Waals surface area contributed by atoms with E-state index in [0.717, 1.165) is 5.56 Å². The summed E-state index contributed by atoms with van der Waals surface area (Å²) in [6.07, 6.45) is -0.514. The van der Waals surface area contributed by atoms with E-state index in [1.807, 2.05) is 30.3 Å². The molecule has 3 unspecified atom stereocenters. The Morgan fingerprint density at radius 1 is 1.08 bits per heavy atom. The molecule has 0 aromatic heterocycles. The van der Waals surface area contributed by atoms with E-state index in [9.17, 15) is 19.7 Å². The largest absolute Gasteiger partial charge is 0.466 e. The van der Waals surface area contributed by atoms with Crippen molar-refractivity contribution in [3.05, 3.63) is 98.4 Å². The van der Waals surface area contributed by atoms with Crippen molar-refractivity contribution in [3.63, 3.8) is 0 Å². The third-order valence-electron chi connectivity index (χ3n) is 6.43. The van der Waals surface area contributed by atoms with Crippen molar-refractivity contribution < 1.29 is 33.5 Å². The molecule has 0 spiro atoms. The zero-order chi connectivity index (χ0) is 26.7. The third-order valence-corrected chi connectivity index (χ3v) is 6.43. The Hall–Kier alpha value is -4.02. The highest BCUT2D eigenvalue weighted by Gasteiger charge is 2.41. The number of non-ortho nitro benzene ring substituents is 1. The van der Waals surface area contributed by atoms with E-state index in [0.29, 0.717) is 17.0 Å². The second kappa shape index (κ2) is 10.5. The molecule has 10 heteroatoms. The molecular weight excluding hydrogens is 480 g/mol. The van der Waals surface area contributed by atoms with Crippen LogP contribution in [0.3, 0.4) is 0 Å². The summed E-state index contributed by atoms with van der Waals surface area (Å²) in [5, 5.41) is 14.5. The average molecular weight is 509 g/mol. The molecule has 0 saturated carbocycles. The number of rotatable bonds is 7. The predicted molar refractivity (Wildman–Crippen MR) is 132 cm³/mol. The molecule has 37 heavy (non-hydrogen) atoms. The molecule has 10 nitrogen and oxygen atoms in total. The van der Waals surface area contributed by atoms with Crippen LogP contribution < -0.4 is 5.32 Å². The van der Waals surface area contributed by atoms with E-state index >= 15 is 0 Å². The molecule has 2 aliphatic rings.